The molecule has 0 aliphatic carbocycles. The Hall–Kier alpha value is -6.36. The fourth-order valence-electron chi connectivity index (χ4n) is 7.49. The molecule has 0 saturated carbocycles. The number of piperazine rings is 2. The Morgan fingerprint density at radius 2 is 1.13 bits per heavy atom. The van der Waals surface area contributed by atoms with Gasteiger partial charge in [-0.05, 0) is 67.7 Å². The fourth-order valence-corrected chi connectivity index (χ4v) is 7.86. The number of hydrogen-bond acceptors (Lipinski definition) is 9. The number of carbonyl (C=O) groups excluding carboxylic acids is 4. The van der Waals surface area contributed by atoms with Gasteiger partial charge < -0.3 is 29.3 Å². The average Bonchev–Trinajstić information content (AvgIpc) is 3.86. The Bertz CT molecular complexity index is 2680. The molecule has 3 heterocycles. The summed E-state index contributed by atoms with van der Waals surface area (Å²) in [5, 5.41) is 8.59. The summed E-state index contributed by atoms with van der Waals surface area (Å²) in [6, 6.07) is 19.8. The summed E-state index contributed by atoms with van der Waals surface area (Å²) in [4.78, 5) is 60.5. The summed E-state index contributed by atoms with van der Waals surface area (Å²) in [6.07, 6.45) is -9.93. The first-order valence-corrected chi connectivity index (χ1v) is 22.9. The van der Waals surface area contributed by atoms with Gasteiger partial charge in [-0.3, -0.25) is 19.4 Å². The van der Waals surface area contributed by atoms with E-state index in [1.54, 1.807) is 58.3 Å². The van der Waals surface area contributed by atoms with Crippen LogP contribution in [0.5, 0.6) is 0 Å². The molecule has 4 aromatic carbocycles. The van der Waals surface area contributed by atoms with Crippen LogP contribution in [0.3, 0.4) is 0 Å². The molecule has 14 nitrogen and oxygen atoms in total. The molecule has 0 unspecified atom stereocenters. The second-order valence-electron chi connectivity index (χ2n) is 16.2. The SMILES string of the molecule is CCN1CCN(C(=O)N(Cc2ccc(-c3nnc(C(F)(F)F)o3)cc2F)c2cccc(Cl)c2)CC1.CCN1CCN(C(=O)N(Cc2ccc(C(=O)CNC(=O)C(F)(F)F)cc2F)c2cccc(Cl)c2)CC1. The molecule has 1 N–H and O–H groups in total. The van der Waals surface area contributed by atoms with Gasteiger partial charge in [0.1, 0.15) is 11.6 Å². The lowest BCUT2D eigenvalue weighted by Gasteiger charge is -2.37. The Labute approximate surface area is 412 Å². The number of carbonyl (C=O) groups is 4. The summed E-state index contributed by atoms with van der Waals surface area (Å²) < 4.78 is 110. The van der Waals surface area contributed by atoms with Crippen molar-refractivity contribution in [2.75, 3.05) is 81.8 Å². The Balaban J connectivity index is 0.000000232. The number of likely N-dealkylation sites (N-methyl/N-ethyl adjacent to an activating group) is 2. The molecule has 380 valence electrons. The van der Waals surface area contributed by atoms with Gasteiger partial charge in [0.15, 0.2) is 5.78 Å². The number of ketones is 1. The number of benzene rings is 4. The molecule has 0 spiro atoms. The van der Waals surface area contributed by atoms with Gasteiger partial charge in [0.05, 0.1) is 19.6 Å². The number of rotatable bonds is 12. The maximum absolute atomic E-state index is 15.0. The van der Waals surface area contributed by atoms with Crippen molar-refractivity contribution in [2.24, 2.45) is 0 Å². The molecule has 2 fully saturated rings. The second kappa shape index (κ2) is 23.7. The van der Waals surface area contributed by atoms with Gasteiger partial charge in [-0.1, -0.05) is 67.4 Å². The Morgan fingerprint density at radius 3 is 1.54 bits per heavy atom. The zero-order valence-electron chi connectivity index (χ0n) is 38.2. The molecule has 0 radical (unpaired) electrons. The molecule has 5 amide bonds. The van der Waals surface area contributed by atoms with Crippen LogP contribution >= 0.6 is 23.2 Å². The standard InChI is InChI=1S/C24H25ClF4N4O3.C23H22ClF4N5O2/c1-2-31-8-10-32(11-9-31)23(36)33(19-5-3-4-18(25)13-19)15-17-7-6-16(12-20(17)26)21(34)14-30-22(35)24(27,28)29;1-2-31-8-10-32(11-9-31)22(34)33(18-5-3-4-17(24)13-18)14-16-7-6-15(12-19(16)25)20-29-30-21(35-20)23(26,27)28/h3-7,12-13H,2,8-11,14-15H2,1H3,(H,30,35);3-7,12-13H,2,8-11,14H2,1H3. The van der Waals surface area contributed by atoms with Gasteiger partial charge in [0, 0.05) is 96.0 Å². The predicted molar refractivity (Wildman–Crippen MR) is 248 cm³/mol. The highest BCUT2D eigenvalue weighted by Gasteiger charge is 2.39. The van der Waals surface area contributed by atoms with Crippen molar-refractivity contribution >= 4 is 58.3 Å². The predicted octanol–water partition coefficient (Wildman–Crippen LogP) is 9.42. The van der Waals surface area contributed by atoms with Gasteiger partial charge in [-0.25, -0.2) is 18.4 Å². The van der Waals surface area contributed by atoms with E-state index in [0.29, 0.717) is 60.7 Å². The molecule has 71 heavy (non-hydrogen) atoms. The summed E-state index contributed by atoms with van der Waals surface area (Å²) in [7, 11) is 0. The number of anilines is 2. The van der Waals surface area contributed by atoms with Crippen molar-refractivity contribution in [3.05, 3.63) is 129 Å². The molecule has 2 saturated heterocycles. The molecule has 24 heteroatoms. The lowest BCUT2D eigenvalue weighted by molar-refractivity contribution is -0.173. The number of alkyl halides is 6. The van der Waals surface area contributed by atoms with Crippen LogP contribution in [-0.4, -0.2) is 132 Å². The number of nitrogens with zero attached hydrogens (tertiary/aromatic N) is 8. The fraction of sp³-hybridized carbons (Fsp3) is 0.362. The normalized spacial score (nSPS) is 14.6. The van der Waals surface area contributed by atoms with E-state index in [-0.39, 0.29) is 47.4 Å². The van der Waals surface area contributed by atoms with Gasteiger partial charge in [0.2, 0.25) is 5.89 Å². The third kappa shape index (κ3) is 14.4. The first-order valence-electron chi connectivity index (χ1n) is 22.1. The summed E-state index contributed by atoms with van der Waals surface area (Å²) >= 11 is 12.3. The van der Waals surface area contributed by atoms with Crippen LogP contribution in [0.2, 0.25) is 10.0 Å². The number of nitrogens with one attached hydrogen (secondary N) is 1. The molecular weight excluding hydrogens is 993 g/mol. The van der Waals surface area contributed by atoms with Crippen molar-refractivity contribution in [1.82, 2.24) is 35.1 Å². The minimum atomic E-state index is -5.13. The first kappa shape index (κ1) is 54.0. The van der Waals surface area contributed by atoms with E-state index in [2.05, 4.69) is 31.3 Å². The summed E-state index contributed by atoms with van der Waals surface area (Å²) in [6.45, 7) is 9.60. The molecule has 0 atom stereocenters. The van der Waals surface area contributed by atoms with Crippen molar-refractivity contribution in [3.8, 4) is 11.5 Å². The van der Waals surface area contributed by atoms with Crippen LogP contribution in [0.4, 0.5) is 56.1 Å². The van der Waals surface area contributed by atoms with E-state index >= 15 is 4.39 Å². The van der Waals surface area contributed by atoms with Crippen molar-refractivity contribution in [1.29, 1.82) is 0 Å². The molecule has 2 aliphatic heterocycles. The molecule has 0 bridgehead atoms. The highest BCUT2D eigenvalue weighted by Crippen LogP contribution is 2.32. The third-order valence-corrected chi connectivity index (χ3v) is 12.0. The Morgan fingerprint density at radius 1 is 0.648 bits per heavy atom. The number of halogens is 10. The average molecular weight is 1040 g/mol. The van der Waals surface area contributed by atoms with E-state index in [9.17, 15) is 49.9 Å². The van der Waals surface area contributed by atoms with Crippen LogP contribution in [0, 0.1) is 11.6 Å². The largest absolute Gasteiger partial charge is 0.471 e. The number of Topliss-reactive ketones (excluding diaryl/α,β-unsaturated/α-hetero) is 1. The number of aromatic nitrogens is 2. The number of urea groups is 2. The van der Waals surface area contributed by atoms with Gasteiger partial charge >= 0.3 is 36.2 Å². The minimum Gasteiger partial charge on any atom is -0.413 e. The van der Waals surface area contributed by atoms with Gasteiger partial charge in [-0.15, -0.1) is 10.2 Å². The van der Waals surface area contributed by atoms with Crippen LogP contribution in [0.15, 0.2) is 89.3 Å². The van der Waals surface area contributed by atoms with E-state index in [4.69, 9.17) is 23.2 Å². The third-order valence-electron chi connectivity index (χ3n) is 11.5. The highest BCUT2D eigenvalue weighted by atomic mass is 35.5. The summed E-state index contributed by atoms with van der Waals surface area (Å²) in [5.74, 6) is -6.68. The lowest BCUT2D eigenvalue weighted by Crippen LogP contribution is -2.52. The topological polar surface area (TPSA) is 139 Å². The smallest absolute Gasteiger partial charge is 0.413 e. The highest BCUT2D eigenvalue weighted by molar-refractivity contribution is 6.31. The maximum atomic E-state index is 15.0. The van der Waals surface area contributed by atoms with E-state index in [1.165, 1.54) is 39.4 Å². The number of amides is 5. The lowest BCUT2D eigenvalue weighted by atomic mass is 10.1. The minimum absolute atomic E-state index is 0.00873. The Kier molecular flexibility index (Phi) is 18.0. The first-order chi connectivity index (χ1) is 33.6. The molecular formula is C47H47Cl2F8N9O5. The van der Waals surface area contributed by atoms with Crippen LogP contribution in [0.1, 0.15) is 41.2 Å². The zero-order valence-corrected chi connectivity index (χ0v) is 39.7. The monoisotopic (exact) mass is 1040 g/mol. The molecule has 1 aromatic heterocycles. The van der Waals surface area contributed by atoms with Crippen molar-refractivity contribution in [3.63, 3.8) is 0 Å². The molecule has 7 rings (SSSR count). The van der Waals surface area contributed by atoms with Gasteiger partial charge in [-0.2, -0.15) is 26.3 Å². The summed E-state index contributed by atoms with van der Waals surface area (Å²) in [5.41, 5.74) is 0.979. The van der Waals surface area contributed by atoms with E-state index < -0.39 is 54.0 Å². The van der Waals surface area contributed by atoms with E-state index in [1.807, 2.05) is 6.92 Å². The quantitative estimate of drug-likeness (QED) is 0.0957. The van der Waals surface area contributed by atoms with Gasteiger partial charge in [0.25, 0.3) is 0 Å². The van der Waals surface area contributed by atoms with Crippen LogP contribution in [-0.2, 0) is 24.1 Å². The molecule has 5 aromatic rings. The zero-order chi connectivity index (χ0) is 51.6. The van der Waals surface area contributed by atoms with Crippen LogP contribution in [0.25, 0.3) is 11.5 Å². The molecule has 2 aliphatic rings. The number of hydrogen-bond donors (Lipinski definition) is 1. The van der Waals surface area contributed by atoms with Crippen molar-refractivity contribution < 1.29 is 58.7 Å². The van der Waals surface area contributed by atoms with E-state index in [0.717, 1.165) is 38.3 Å². The maximum Gasteiger partial charge on any atom is 0.471 e. The van der Waals surface area contributed by atoms with Crippen molar-refractivity contribution in [2.45, 2.75) is 39.3 Å². The second-order valence-corrected chi connectivity index (χ2v) is 17.0. The van der Waals surface area contributed by atoms with Crippen LogP contribution < -0.4 is 15.1 Å².